The Kier molecular flexibility index (Phi) is 10.3. The molecule has 0 aliphatic carbocycles. The monoisotopic (exact) mass is 467 g/mol. The Morgan fingerprint density at radius 1 is 1.36 bits per heavy atom. The van der Waals surface area contributed by atoms with Gasteiger partial charge in [0, 0.05) is 10.2 Å². The number of anilines is 1. The molecule has 1 aromatic carbocycles. The summed E-state index contributed by atoms with van der Waals surface area (Å²) in [5.41, 5.74) is 1.20. The van der Waals surface area contributed by atoms with Crippen molar-refractivity contribution in [3.63, 3.8) is 0 Å². The second-order valence-corrected chi connectivity index (χ2v) is 6.40. The summed E-state index contributed by atoms with van der Waals surface area (Å²) in [7, 11) is 0. The van der Waals surface area contributed by atoms with E-state index in [-0.39, 0.29) is 10.7 Å². The van der Waals surface area contributed by atoms with Crippen LogP contribution >= 0.6 is 27.5 Å². The van der Waals surface area contributed by atoms with E-state index in [1.54, 1.807) is 18.2 Å². The molecule has 0 spiro atoms. The summed E-state index contributed by atoms with van der Waals surface area (Å²) >= 11 is 9.29. The fourth-order valence-electron chi connectivity index (χ4n) is 2.10. The highest BCUT2D eigenvalue weighted by Crippen LogP contribution is 2.29. The van der Waals surface area contributed by atoms with Gasteiger partial charge in [0.1, 0.15) is 5.70 Å². The van der Waals surface area contributed by atoms with Gasteiger partial charge in [-0.25, -0.2) is 9.59 Å². The second kappa shape index (κ2) is 12.2. The molecular weight excluding hydrogens is 446 g/mol. The summed E-state index contributed by atoms with van der Waals surface area (Å²) < 4.78 is 10.9. The largest absolute Gasteiger partial charge is 0.415 e. The van der Waals surface area contributed by atoms with Gasteiger partial charge >= 0.3 is 11.9 Å². The number of esters is 2. The van der Waals surface area contributed by atoms with E-state index in [1.165, 1.54) is 6.08 Å². The lowest BCUT2D eigenvalue weighted by Gasteiger charge is -2.17. The molecule has 1 unspecified atom stereocenters. The Bertz CT molecular complexity index is 800. The fourth-order valence-corrected chi connectivity index (χ4v) is 2.61. The van der Waals surface area contributed by atoms with Crippen LogP contribution in [-0.4, -0.2) is 18.2 Å². The number of allylic oxidation sites excluding steroid dienone is 4. The highest BCUT2D eigenvalue weighted by atomic mass is 79.9. The molecule has 0 radical (unpaired) electrons. The van der Waals surface area contributed by atoms with Crippen molar-refractivity contribution in [3.8, 4) is 0 Å². The molecule has 5 nitrogen and oxygen atoms in total. The second-order valence-electron chi connectivity index (χ2n) is 5.17. The van der Waals surface area contributed by atoms with Crippen LogP contribution in [0.3, 0.4) is 0 Å². The lowest BCUT2D eigenvalue weighted by molar-refractivity contribution is -0.170. The number of cyclic esters (lactones) is 1. The lowest BCUT2D eigenvalue weighted by Crippen LogP contribution is -2.25. The van der Waals surface area contributed by atoms with E-state index < -0.39 is 18.2 Å². The SMILES string of the molecule is C=C/C(Br)=C(\C/C=C\C)C(=O)OC1OC(=O)C(Cl)=C1Nc1ccccc1.CC. The predicted molar refractivity (Wildman–Crippen MR) is 116 cm³/mol. The number of rotatable bonds is 7. The van der Waals surface area contributed by atoms with Crippen LogP contribution in [0.1, 0.15) is 27.2 Å². The van der Waals surface area contributed by atoms with Gasteiger partial charge in [-0.1, -0.05) is 84.4 Å². The van der Waals surface area contributed by atoms with Crippen molar-refractivity contribution in [1.29, 1.82) is 0 Å². The molecule has 0 bridgehead atoms. The Morgan fingerprint density at radius 2 is 2.00 bits per heavy atom. The number of hydrogen-bond acceptors (Lipinski definition) is 5. The third-order valence-electron chi connectivity index (χ3n) is 3.40. The third-order valence-corrected chi connectivity index (χ3v) is 4.56. The van der Waals surface area contributed by atoms with E-state index in [0.29, 0.717) is 22.2 Å². The van der Waals surface area contributed by atoms with Crippen molar-refractivity contribution < 1.29 is 19.1 Å². The molecule has 2 rings (SSSR count). The number of para-hydroxylation sites is 1. The molecule has 1 N–H and O–H groups in total. The Balaban J connectivity index is 0.00000190. The summed E-state index contributed by atoms with van der Waals surface area (Å²) in [6.45, 7) is 9.48. The van der Waals surface area contributed by atoms with Gasteiger partial charge in [-0.15, -0.1) is 0 Å². The average Bonchev–Trinajstić information content (AvgIpc) is 2.97. The zero-order valence-corrected chi connectivity index (χ0v) is 18.3. The minimum Gasteiger partial charge on any atom is -0.415 e. The number of carbonyl (C=O) groups excluding carboxylic acids is 2. The van der Waals surface area contributed by atoms with Crippen LogP contribution in [-0.2, 0) is 19.1 Å². The number of hydrogen-bond donors (Lipinski definition) is 1. The minimum absolute atomic E-state index is 0.159. The first-order valence-corrected chi connectivity index (χ1v) is 9.91. The van der Waals surface area contributed by atoms with Gasteiger partial charge < -0.3 is 14.8 Å². The van der Waals surface area contributed by atoms with E-state index in [1.807, 2.05) is 45.0 Å². The molecule has 0 aromatic heterocycles. The zero-order valence-electron chi connectivity index (χ0n) is 16.0. The van der Waals surface area contributed by atoms with Crippen molar-refractivity contribution in [3.05, 3.63) is 75.9 Å². The van der Waals surface area contributed by atoms with Crippen LogP contribution in [0, 0.1) is 0 Å². The number of carbonyl (C=O) groups is 2. The standard InChI is InChI=1S/C19H17BrClNO4.C2H6/c1-3-5-11-13(14(20)4-2)17(23)25-19-16(15(21)18(24)26-19)22-12-9-7-6-8-10-12;1-2/h3-10,19,22H,2,11H2,1H3;1-2H3/b5-3-,14-13-;. The molecule has 0 amide bonds. The predicted octanol–water partition coefficient (Wildman–Crippen LogP) is 5.80. The Hall–Kier alpha value is -2.31. The summed E-state index contributed by atoms with van der Waals surface area (Å²) in [6, 6.07) is 9.04. The summed E-state index contributed by atoms with van der Waals surface area (Å²) in [5, 5.41) is 2.81. The zero-order chi connectivity index (χ0) is 21.1. The summed E-state index contributed by atoms with van der Waals surface area (Å²) in [4.78, 5) is 24.3. The Morgan fingerprint density at radius 3 is 2.57 bits per heavy atom. The maximum atomic E-state index is 12.5. The average molecular weight is 469 g/mol. The minimum atomic E-state index is -1.26. The van der Waals surface area contributed by atoms with E-state index in [2.05, 4.69) is 27.8 Å². The van der Waals surface area contributed by atoms with Crippen molar-refractivity contribution in [2.45, 2.75) is 33.5 Å². The van der Waals surface area contributed by atoms with Crippen LogP contribution < -0.4 is 5.32 Å². The van der Waals surface area contributed by atoms with Crippen molar-refractivity contribution in [1.82, 2.24) is 0 Å². The van der Waals surface area contributed by atoms with Crippen molar-refractivity contribution >= 4 is 45.2 Å². The van der Waals surface area contributed by atoms with Gasteiger partial charge in [0.2, 0.25) is 0 Å². The first-order chi connectivity index (χ1) is 13.5. The summed E-state index contributed by atoms with van der Waals surface area (Å²) in [6.07, 6.45) is 4.18. The normalized spacial score (nSPS) is 16.8. The van der Waals surface area contributed by atoms with Crippen LogP contribution in [0.4, 0.5) is 5.69 Å². The molecule has 0 fully saturated rings. The molecule has 28 heavy (non-hydrogen) atoms. The van der Waals surface area contributed by atoms with E-state index in [9.17, 15) is 9.59 Å². The van der Waals surface area contributed by atoms with Gasteiger partial charge in [-0.2, -0.15) is 0 Å². The van der Waals surface area contributed by atoms with Crippen molar-refractivity contribution in [2.24, 2.45) is 0 Å². The highest BCUT2D eigenvalue weighted by molar-refractivity contribution is 9.11. The molecule has 1 aliphatic heterocycles. The first-order valence-electron chi connectivity index (χ1n) is 8.73. The molecular formula is C21H23BrClNO4. The van der Waals surface area contributed by atoms with Crippen LogP contribution in [0.15, 0.2) is 75.9 Å². The molecule has 0 saturated heterocycles. The maximum Gasteiger partial charge on any atom is 0.355 e. The van der Waals surface area contributed by atoms with E-state index in [4.69, 9.17) is 21.1 Å². The highest BCUT2D eigenvalue weighted by Gasteiger charge is 2.37. The molecule has 0 saturated carbocycles. The quantitative estimate of drug-likeness (QED) is 0.237. The lowest BCUT2D eigenvalue weighted by atomic mass is 10.1. The van der Waals surface area contributed by atoms with Crippen LogP contribution in [0.5, 0.6) is 0 Å². The van der Waals surface area contributed by atoms with Crippen LogP contribution in [0.2, 0.25) is 0 Å². The van der Waals surface area contributed by atoms with Gasteiger partial charge in [0.25, 0.3) is 6.29 Å². The van der Waals surface area contributed by atoms with E-state index in [0.717, 1.165) is 0 Å². The number of halogens is 2. The van der Waals surface area contributed by atoms with Gasteiger partial charge in [-0.3, -0.25) is 0 Å². The van der Waals surface area contributed by atoms with Gasteiger partial charge in [0.15, 0.2) is 5.03 Å². The molecule has 1 atom stereocenters. The first kappa shape index (κ1) is 23.7. The maximum absolute atomic E-state index is 12.5. The molecule has 1 aromatic rings. The number of ether oxygens (including phenoxy) is 2. The van der Waals surface area contributed by atoms with Gasteiger partial charge in [-0.05, 0) is 25.5 Å². The molecule has 150 valence electrons. The van der Waals surface area contributed by atoms with E-state index >= 15 is 0 Å². The van der Waals surface area contributed by atoms with Gasteiger partial charge in [0.05, 0.1) is 5.57 Å². The fraction of sp³-hybridized carbons (Fsp3) is 0.238. The third kappa shape index (κ3) is 6.39. The number of nitrogens with one attached hydrogen (secondary N) is 1. The smallest absolute Gasteiger partial charge is 0.355 e. The Labute approximate surface area is 178 Å². The topological polar surface area (TPSA) is 64.6 Å². The molecule has 1 heterocycles. The molecule has 7 heteroatoms. The summed E-state index contributed by atoms with van der Waals surface area (Å²) in [5.74, 6) is -1.41. The molecule has 1 aliphatic rings. The van der Waals surface area contributed by atoms with Crippen LogP contribution in [0.25, 0.3) is 0 Å². The van der Waals surface area contributed by atoms with Crippen molar-refractivity contribution in [2.75, 3.05) is 5.32 Å². The number of benzene rings is 1.